The average Bonchev–Trinajstić information content (AvgIpc) is 3.04. The van der Waals surface area contributed by atoms with E-state index in [-0.39, 0.29) is 11.5 Å². The molecule has 23 heavy (non-hydrogen) atoms. The molecule has 116 valence electrons. The van der Waals surface area contributed by atoms with Crippen LogP contribution in [0.5, 0.6) is 5.75 Å². The molecule has 6 heteroatoms. The van der Waals surface area contributed by atoms with Gasteiger partial charge in [0.2, 0.25) is 11.8 Å². The van der Waals surface area contributed by atoms with E-state index < -0.39 is 5.97 Å². The van der Waals surface area contributed by atoms with Crippen LogP contribution in [0.25, 0.3) is 11.5 Å². The second-order valence-electron chi connectivity index (χ2n) is 4.88. The second kappa shape index (κ2) is 6.31. The van der Waals surface area contributed by atoms with Gasteiger partial charge in [0.05, 0.1) is 24.7 Å². The summed E-state index contributed by atoms with van der Waals surface area (Å²) in [7, 11) is 1.61. The van der Waals surface area contributed by atoms with E-state index in [2.05, 4.69) is 10.2 Å². The number of rotatable bonds is 5. The summed E-state index contributed by atoms with van der Waals surface area (Å²) in [5.74, 6) is 0.364. The molecule has 0 saturated heterocycles. The van der Waals surface area contributed by atoms with Gasteiger partial charge in [-0.3, -0.25) is 0 Å². The van der Waals surface area contributed by atoms with Gasteiger partial charge in [0.15, 0.2) is 0 Å². The van der Waals surface area contributed by atoms with Gasteiger partial charge in [-0.1, -0.05) is 24.3 Å². The Morgan fingerprint density at radius 3 is 2.57 bits per heavy atom. The van der Waals surface area contributed by atoms with E-state index in [1.807, 2.05) is 24.3 Å². The number of hydrogen-bond acceptors (Lipinski definition) is 5. The molecule has 0 aliphatic carbocycles. The standard InChI is InChI=1S/C17H14N2O4/c1-22-12-8-6-11(7-9-12)10-15-18-19-16(23-15)13-4-2-3-5-14(13)17(20)21/h2-9H,10H2,1H3,(H,20,21). The highest BCUT2D eigenvalue weighted by atomic mass is 16.5. The first-order valence-electron chi connectivity index (χ1n) is 6.95. The molecule has 0 unspecified atom stereocenters. The van der Waals surface area contributed by atoms with Crippen LogP contribution in [0.2, 0.25) is 0 Å². The van der Waals surface area contributed by atoms with Gasteiger partial charge in [0.1, 0.15) is 5.75 Å². The van der Waals surface area contributed by atoms with Crippen LogP contribution in [0.4, 0.5) is 0 Å². The summed E-state index contributed by atoms with van der Waals surface area (Å²) in [6.45, 7) is 0. The van der Waals surface area contributed by atoms with Crippen molar-refractivity contribution in [1.29, 1.82) is 0 Å². The Kier molecular flexibility index (Phi) is 4.05. The lowest BCUT2D eigenvalue weighted by Gasteiger charge is -2.01. The molecule has 1 N–H and O–H groups in total. The van der Waals surface area contributed by atoms with Gasteiger partial charge in [-0.05, 0) is 29.8 Å². The van der Waals surface area contributed by atoms with E-state index in [9.17, 15) is 9.90 Å². The molecule has 3 aromatic rings. The summed E-state index contributed by atoms with van der Waals surface area (Å²) < 4.78 is 10.7. The van der Waals surface area contributed by atoms with Crippen LogP contribution in [0, 0.1) is 0 Å². The molecular formula is C17H14N2O4. The topological polar surface area (TPSA) is 85.5 Å². The van der Waals surface area contributed by atoms with Crippen molar-refractivity contribution < 1.29 is 19.1 Å². The number of nitrogens with zero attached hydrogens (tertiary/aromatic N) is 2. The molecule has 0 aliphatic rings. The molecule has 0 saturated carbocycles. The van der Waals surface area contributed by atoms with Crippen LogP contribution in [0.1, 0.15) is 21.8 Å². The summed E-state index contributed by atoms with van der Waals surface area (Å²) in [6, 6.07) is 14.1. The summed E-state index contributed by atoms with van der Waals surface area (Å²) in [5, 5.41) is 17.2. The SMILES string of the molecule is COc1ccc(Cc2nnc(-c3ccccc3C(=O)O)o2)cc1. The third kappa shape index (κ3) is 3.21. The van der Waals surface area contributed by atoms with Gasteiger partial charge in [0, 0.05) is 0 Å². The number of benzene rings is 2. The smallest absolute Gasteiger partial charge is 0.336 e. The first-order valence-corrected chi connectivity index (χ1v) is 6.95. The highest BCUT2D eigenvalue weighted by Gasteiger charge is 2.16. The molecule has 0 amide bonds. The van der Waals surface area contributed by atoms with Crippen LogP contribution < -0.4 is 4.74 Å². The number of carboxylic acids is 1. The molecule has 1 aromatic heterocycles. The van der Waals surface area contributed by atoms with Crippen LogP contribution in [0.15, 0.2) is 52.9 Å². The van der Waals surface area contributed by atoms with Crippen molar-refractivity contribution in [3.8, 4) is 17.2 Å². The number of methoxy groups -OCH3 is 1. The molecule has 0 bridgehead atoms. The quantitative estimate of drug-likeness (QED) is 0.779. The zero-order valence-electron chi connectivity index (χ0n) is 12.4. The van der Waals surface area contributed by atoms with Crippen LogP contribution in [-0.4, -0.2) is 28.4 Å². The van der Waals surface area contributed by atoms with Crippen LogP contribution >= 0.6 is 0 Å². The van der Waals surface area contributed by atoms with Gasteiger partial charge in [-0.2, -0.15) is 0 Å². The number of aromatic nitrogens is 2. The maximum Gasteiger partial charge on any atom is 0.336 e. The fourth-order valence-electron chi connectivity index (χ4n) is 2.21. The molecule has 0 aliphatic heterocycles. The minimum Gasteiger partial charge on any atom is -0.497 e. The predicted octanol–water partition coefficient (Wildman–Crippen LogP) is 3.03. The van der Waals surface area contributed by atoms with Crippen molar-refractivity contribution in [3.63, 3.8) is 0 Å². The highest BCUT2D eigenvalue weighted by Crippen LogP contribution is 2.23. The number of ether oxygens (including phenoxy) is 1. The summed E-state index contributed by atoms with van der Waals surface area (Å²) in [4.78, 5) is 11.3. The summed E-state index contributed by atoms with van der Waals surface area (Å²) >= 11 is 0. The van der Waals surface area contributed by atoms with Crippen molar-refractivity contribution >= 4 is 5.97 Å². The molecule has 2 aromatic carbocycles. The fraction of sp³-hybridized carbons (Fsp3) is 0.118. The highest BCUT2D eigenvalue weighted by molar-refractivity contribution is 5.94. The van der Waals surface area contributed by atoms with E-state index >= 15 is 0 Å². The maximum absolute atomic E-state index is 11.3. The summed E-state index contributed by atoms with van der Waals surface area (Å²) in [6.07, 6.45) is 0.465. The monoisotopic (exact) mass is 310 g/mol. The van der Waals surface area contributed by atoms with E-state index in [4.69, 9.17) is 9.15 Å². The Hall–Kier alpha value is -3.15. The number of aromatic carboxylic acids is 1. The predicted molar refractivity (Wildman–Crippen MR) is 82.5 cm³/mol. The Morgan fingerprint density at radius 1 is 1.13 bits per heavy atom. The van der Waals surface area contributed by atoms with Crippen molar-refractivity contribution in [3.05, 3.63) is 65.5 Å². The normalized spacial score (nSPS) is 10.5. The van der Waals surface area contributed by atoms with Crippen molar-refractivity contribution in [2.45, 2.75) is 6.42 Å². The van der Waals surface area contributed by atoms with Gasteiger partial charge >= 0.3 is 5.97 Å². The first kappa shape index (κ1) is 14.8. The first-order chi connectivity index (χ1) is 11.2. The lowest BCUT2D eigenvalue weighted by atomic mass is 10.1. The van der Waals surface area contributed by atoms with Gasteiger partial charge in [-0.15, -0.1) is 10.2 Å². The Bertz CT molecular complexity index is 825. The van der Waals surface area contributed by atoms with Gasteiger partial charge < -0.3 is 14.3 Å². The van der Waals surface area contributed by atoms with Gasteiger partial charge in [-0.25, -0.2) is 4.79 Å². The Morgan fingerprint density at radius 2 is 1.87 bits per heavy atom. The average molecular weight is 310 g/mol. The molecule has 1 heterocycles. The van der Waals surface area contributed by atoms with Crippen molar-refractivity contribution in [1.82, 2.24) is 10.2 Å². The number of hydrogen-bond donors (Lipinski definition) is 1. The largest absolute Gasteiger partial charge is 0.497 e. The minimum atomic E-state index is -1.03. The van der Waals surface area contributed by atoms with Gasteiger partial charge in [0.25, 0.3) is 0 Å². The third-order valence-electron chi connectivity index (χ3n) is 3.37. The minimum absolute atomic E-state index is 0.132. The molecule has 0 fully saturated rings. The second-order valence-corrected chi connectivity index (χ2v) is 4.88. The molecule has 0 atom stereocenters. The molecule has 0 radical (unpaired) electrons. The fourth-order valence-corrected chi connectivity index (χ4v) is 2.21. The lowest BCUT2D eigenvalue weighted by Crippen LogP contribution is -1.99. The van der Waals surface area contributed by atoms with Crippen molar-refractivity contribution in [2.75, 3.05) is 7.11 Å². The van der Waals surface area contributed by atoms with E-state index in [0.29, 0.717) is 17.9 Å². The molecular weight excluding hydrogens is 296 g/mol. The van der Waals surface area contributed by atoms with Crippen molar-refractivity contribution in [2.24, 2.45) is 0 Å². The number of carboxylic acid groups (broad SMARTS) is 1. The Balaban J connectivity index is 1.84. The van der Waals surface area contributed by atoms with E-state index in [0.717, 1.165) is 11.3 Å². The van der Waals surface area contributed by atoms with E-state index in [1.165, 1.54) is 6.07 Å². The van der Waals surface area contributed by atoms with Crippen LogP contribution in [0.3, 0.4) is 0 Å². The zero-order chi connectivity index (χ0) is 16.2. The molecule has 3 rings (SSSR count). The van der Waals surface area contributed by atoms with Crippen LogP contribution in [-0.2, 0) is 6.42 Å². The third-order valence-corrected chi connectivity index (χ3v) is 3.37. The molecule has 6 nitrogen and oxygen atoms in total. The maximum atomic E-state index is 11.3. The zero-order valence-corrected chi connectivity index (χ0v) is 12.4. The summed E-state index contributed by atoms with van der Waals surface area (Å²) in [5.41, 5.74) is 1.54. The lowest BCUT2D eigenvalue weighted by molar-refractivity contribution is 0.0697. The number of carbonyl (C=O) groups is 1. The Labute approximate surface area is 132 Å². The van der Waals surface area contributed by atoms with E-state index in [1.54, 1.807) is 25.3 Å². The molecule has 0 spiro atoms.